The lowest BCUT2D eigenvalue weighted by molar-refractivity contribution is -0.0939. The van der Waals surface area contributed by atoms with Crippen LogP contribution in [0.2, 0.25) is 0 Å². The average Bonchev–Trinajstić information content (AvgIpc) is 3.07. The van der Waals surface area contributed by atoms with Gasteiger partial charge in [0, 0.05) is 49.2 Å². The predicted molar refractivity (Wildman–Crippen MR) is 115 cm³/mol. The van der Waals surface area contributed by atoms with Crippen LogP contribution < -0.4 is 10.6 Å². The molecule has 2 rings (SSSR count). The van der Waals surface area contributed by atoms with E-state index in [1.165, 1.54) is 9.88 Å². The molecule has 1 fully saturated rings. The molecule has 7 heteroatoms. The van der Waals surface area contributed by atoms with E-state index in [0.29, 0.717) is 0 Å². The van der Waals surface area contributed by atoms with Crippen LogP contribution in [0.15, 0.2) is 11.2 Å². The van der Waals surface area contributed by atoms with Crippen molar-refractivity contribution in [2.45, 2.75) is 72.1 Å². The highest BCUT2D eigenvalue weighted by Crippen LogP contribution is 2.21. The molecule has 1 saturated heterocycles. The molecule has 0 bridgehead atoms. The third kappa shape index (κ3) is 7.05. The maximum absolute atomic E-state index is 5.87. The zero-order valence-corrected chi connectivity index (χ0v) is 18.7. The van der Waals surface area contributed by atoms with Gasteiger partial charge in [0.15, 0.2) is 5.96 Å². The van der Waals surface area contributed by atoms with Gasteiger partial charge >= 0.3 is 0 Å². The van der Waals surface area contributed by atoms with Gasteiger partial charge in [0.2, 0.25) is 0 Å². The molecule has 0 spiro atoms. The van der Waals surface area contributed by atoms with Gasteiger partial charge in [-0.1, -0.05) is 6.92 Å². The van der Waals surface area contributed by atoms with Gasteiger partial charge in [-0.3, -0.25) is 9.89 Å². The minimum Gasteiger partial charge on any atom is -0.373 e. The fraction of sp³-hybridized carbons (Fsp3) is 0.800. The van der Waals surface area contributed by atoms with Crippen LogP contribution in [-0.4, -0.2) is 66.3 Å². The van der Waals surface area contributed by atoms with Gasteiger partial charge < -0.3 is 15.4 Å². The molecule has 0 aliphatic carbocycles. The first kappa shape index (κ1) is 22.1. The van der Waals surface area contributed by atoms with Gasteiger partial charge in [-0.25, -0.2) is 4.98 Å². The molecule has 0 aromatic carbocycles. The first-order valence-electron chi connectivity index (χ1n) is 10.2. The second-order valence-electron chi connectivity index (χ2n) is 7.92. The minimum atomic E-state index is -0.0000135. The summed E-state index contributed by atoms with van der Waals surface area (Å²) in [6.07, 6.45) is 4.52. The van der Waals surface area contributed by atoms with Gasteiger partial charge in [-0.15, -0.1) is 11.3 Å². The van der Waals surface area contributed by atoms with Crippen molar-refractivity contribution in [1.29, 1.82) is 0 Å². The van der Waals surface area contributed by atoms with E-state index < -0.39 is 0 Å². The van der Waals surface area contributed by atoms with Crippen molar-refractivity contribution in [2.24, 2.45) is 4.99 Å². The number of aromatic nitrogens is 1. The summed E-state index contributed by atoms with van der Waals surface area (Å²) in [7, 11) is 0. The number of aliphatic imine (C=N–C) groups is 1. The third-order valence-corrected chi connectivity index (χ3v) is 6.03. The van der Waals surface area contributed by atoms with E-state index in [1.807, 2.05) is 6.20 Å². The molecular formula is C20H37N5OS. The normalized spacial score (nSPS) is 22.1. The number of nitrogens with zero attached hydrogens (tertiary/aromatic N) is 3. The smallest absolute Gasteiger partial charge is 0.191 e. The number of hydrogen-bond donors (Lipinski definition) is 2. The van der Waals surface area contributed by atoms with Gasteiger partial charge in [-0.05, 0) is 41.0 Å². The van der Waals surface area contributed by atoms with Crippen LogP contribution in [0.3, 0.4) is 0 Å². The number of ether oxygens (including phenoxy) is 1. The fourth-order valence-electron chi connectivity index (χ4n) is 3.30. The van der Waals surface area contributed by atoms with Crippen LogP contribution in [0.5, 0.6) is 0 Å². The zero-order valence-electron chi connectivity index (χ0n) is 17.8. The van der Waals surface area contributed by atoms with Gasteiger partial charge in [0.1, 0.15) is 0 Å². The molecule has 1 aliphatic rings. The average molecular weight is 396 g/mol. The van der Waals surface area contributed by atoms with Crippen molar-refractivity contribution in [3.8, 4) is 0 Å². The molecule has 6 nitrogen and oxygen atoms in total. The molecule has 0 saturated carbocycles. The SMILES string of the molecule is CCNC(=NCC(C)(C)N1CC(C)OC(C)C1)NCCc1ncc(CC)s1. The predicted octanol–water partition coefficient (Wildman–Crippen LogP) is 2.69. The monoisotopic (exact) mass is 395 g/mol. The Hall–Kier alpha value is -1.18. The Kier molecular flexibility index (Phi) is 8.51. The van der Waals surface area contributed by atoms with E-state index in [0.717, 1.165) is 51.5 Å². The van der Waals surface area contributed by atoms with Crippen molar-refractivity contribution >= 4 is 17.3 Å². The van der Waals surface area contributed by atoms with Crippen molar-refractivity contribution in [3.05, 3.63) is 16.1 Å². The lowest BCUT2D eigenvalue weighted by atomic mass is 10.0. The molecule has 154 valence electrons. The molecule has 0 amide bonds. The van der Waals surface area contributed by atoms with Crippen LogP contribution in [-0.2, 0) is 17.6 Å². The minimum absolute atomic E-state index is 0.0000135. The molecule has 27 heavy (non-hydrogen) atoms. The highest BCUT2D eigenvalue weighted by Gasteiger charge is 2.33. The summed E-state index contributed by atoms with van der Waals surface area (Å²) < 4.78 is 5.87. The summed E-state index contributed by atoms with van der Waals surface area (Å²) in [5.74, 6) is 0.882. The van der Waals surface area contributed by atoms with E-state index in [-0.39, 0.29) is 17.7 Å². The summed E-state index contributed by atoms with van der Waals surface area (Å²) in [6, 6.07) is 0. The number of nitrogens with one attached hydrogen (secondary N) is 2. The Balaban J connectivity index is 1.88. The quantitative estimate of drug-likeness (QED) is 0.523. The van der Waals surface area contributed by atoms with Crippen molar-refractivity contribution in [1.82, 2.24) is 20.5 Å². The highest BCUT2D eigenvalue weighted by atomic mass is 32.1. The Labute approximate surface area is 168 Å². The summed E-state index contributed by atoms with van der Waals surface area (Å²) in [4.78, 5) is 13.2. The van der Waals surface area contributed by atoms with E-state index in [1.54, 1.807) is 11.3 Å². The van der Waals surface area contributed by atoms with Gasteiger partial charge in [0.25, 0.3) is 0 Å². The summed E-state index contributed by atoms with van der Waals surface area (Å²) in [6.45, 7) is 17.5. The Bertz CT molecular complexity index is 591. The van der Waals surface area contributed by atoms with Crippen LogP contribution in [0.25, 0.3) is 0 Å². The number of hydrogen-bond acceptors (Lipinski definition) is 5. The molecule has 1 aliphatic heterocycles. The zero-order chi connectivity index (χ0) is 19.9. The second kappa shape index (κ2) is 10.4. The van der Waals surface area contributed by atoms with Crippen LogP contribution >= 0.6 is 11.3 Å². The number of guanidine groups is 1. The molecule has 2 atom stereocenters. The van der Waals surface area contributed by atoms with Crippen LogP contribution in [0.4, 0.5) is 0 Å². The third-order valence-electron chi connectivity index (χ3n) is 4.83. The fourth-order valence-corrected chi connectivity index (χ4v) is 4.16. The molecule has 1 aromatic rings. The van der Waals surface area contributed by atoms with Crippen LogP contribution in [0, 0.1) is 0 Å². The van der Waals surface area contributed by atoms with Crippen molar-refractivity contribution in [3.63, 3.8) is 0 Å². The molecule has 2 heterocycles. The number of rotatable bonds is 8. The van der Waals surface area contributed by atoms with E-state index in [9.17, 15) is 0 Å². The molecule has 0 radical (unpaired) electrons. The summed E-state index contributed by atoms with van der Waals surface area (Å²) in [5, 5.41) is 8.00. The second-order valence-corrected chi connectivity index (χ2v) is 9.12. The summed E-state index contributed by atoms with van der Waals surface area (Å²) in [5.41, 5.74) is -0.0000135. The highest BCUT2D eigenvalue weighted by molar-refractivity contribution is 7.11. The first-order valence-corrected chi connectivity index (χ1v) is 11.0. The van der Waals surface area contributed by atoms with E-state index in [2.05, 4.69) is 62.1 Å². The van der Waals surface area contributed by atoms with E-state index >= 15 is 0 Å². The molecule has 2 N–H and O–H groups in total. The Morgan fingerprint density at radius 2 is 2.00 bits per heavy atom. The first-order chi connectivity index (χ1) is 12.8. The van der Waals surface area contributed by atoms with Crippen molar-refractivity contribution < 1.29 is 4.74 Å². The lowest BCUT2D eigenvalue weighted by Crippen LogP contribution is -2.56. The Morgan fingerprint density at radius 3 is 2.59 bits per heavy atom. The van der Waals surface area contributed by atoms with Crippen molar-refractivity contribution in [2.75, 3.05) is 32.7 Å². The summed E-state index contributed by atoms with van der Waals surface area (Å²) >= 11 is 1.80. The Morgan fingerprint density at radius 1 is 1.30 bits per heavy atom. The molecule has 1 aromatic heterocycles. The number of aryl methyl sites for hydroxylation is 1. The molecule has 2 unspecified atom stereocenters. The number of thiazole rings is 1. The van der Waals surface area contributed by atoms with Gasteiger partial charge in [-0.2, -0.15) is 0 Å². The van der Waals surface area contributed by atoms with E-state index in [4.69, 9.17) is 9.73 Å². The van der Waals surface area contributed by atoms with Gasteiger partial charge in [0.05, 0.1) is 23.8 Å². The standard InChI is InChI=1S/C20H37N5OS/c1-7-17-11-23-18(27-17)9-10-22-19(21-8-2)24-14-20(5,6)25-12-15(3)26-16(4)13-25/h11,15-16H,7-10,12-14H2,1-6H3,(H2,21,22,24). The topological polar surface area (TPSA) is 61.8 Å². The lowest BCUT2D eigenvalue weighted by Gasteiger charge is -2.44. The molecular weight excluding hydrogens is 358 g/mol. The largest absolute Gasteiger partial charge is 0.373 e. The maximum atomic E-state index is 5.87. The maximum Gasteiger partial charge on any atom is 0.191 e. The number of morpholine rings is 1. The van der Waals surface area contributed by atoms with Crippen LogP contribution in [0.1, 0.15) is 51.4 Å².